The first-order valence-electron chi connectivity index (χ1n) is 5.41. The van der Waals surface area contributed by atoms with Gasteiger partial charge in [0.25, 0.3) is 0 Å². The molecule has 0 N–H and O–H groups in total. The fourth-order valence-electron chi connectivity index (χ4n) is 1.62. The van der Waals surface area contributed by atoms with Crippen LogP contribution in [0, 0.1) is 5.82 Å². The quantitative estimate of drug-likeness (QED) is 0.545. The number of rotatable bonds is 3. The maximum absolute atomic E-state index is 13.1. The van der Waals surface area contributed by atoms with Crippen LogP contribution in [0.15, 0.2) is 34.1 Å². The molecule has 20 heavy (non-hydrogen) atoms. The van der Waals surface area contributed by atoms with Crippen molar-refractivity contribution in [2.24, 2.45) is 0 Å². The lowest BCUT2D eigenvalue weighted by Crippen LogP contribution is -2.11. The van der Waals surface area contributed by atoms with Crippen LogP contribution in [0.2, 0.25) is 0 Å². The van der Waals surface area contributed by atoms with Crippen molar-refractivity contribution in [1.29, 1.82) is 0 Å². The molecule has 1 nitrogen and oxygen atoms in total. The van der Waals surface area contributed by atoms with Gasteiger partial charge in [0.1, 0.15) is 5.82 Å². The topological polar surface area (TPSA) is 17.1 Å². The highest BCUT2D eigenvalue weighted by Crippen LogP contribution is 2.32. The SMILES string of the molecule is O=C(Cc1ccc(Br)s1)c1ccc(F)c(C(F)(F)F)c1. The van der Waals surface area contributed by atoms with E-state index in [1.165, 1.54) is 11.3 Å². The van der Waals surface area contributed by atoms with Crippen LogP contribution < -0.4 is 0 Å². The summed E-state index contributed by atoms with van der Waals surface area (Å²) in [5.74, 6) is -1.86. The van der Waals surface area contributed by atoms with Gasteiger partial charge < -0.3 is 0 Å². The third-order valence-corrected chi connectivity index (χ3v) is 4.18. The first-order chi connectivity index (χ1) is 9.27. The van der Waals surface area contributed by atoms with E-state index in [0.717, 1.165) is 14.7 Å². The van der Waals surface area contributed by atoms with Crippen LogP contribution in [0.1, 0.15) is 20.8 Å². The number of alkyl halides is 3. The van der Waals surface area contributed by atoms with Crippen LogP contribution in [0.25, 0.3) is 0 Å². The maximum atomic E-state index is 13.1. The Morgan fingerprint density at radius 1 is 1.20 bits per heavy atom. The van der Waals surface area contributed by atoms with Crippen molar-refractivity contribution >= 4 is 33.0 Å². The van der Waals surface area contributed by atoms with Crippen molar-refractivity contribution < 1.29 is 22.4 Å². The summed E-state index contributed by atoms with van der Waals surface area (Å²) < 4.78 is 51.7. The molecule has 7 heteroatoms. The van der Waals surface area contributed by atoms with Crippen LogP contribution in [0.3, 0.4) is 0 Å². The van der Waals surface area contributed by atoms with E-state index < -0.39 is 23.3 Å². The van der Waals surface area contributed by atoms with Crippen LogP contribution >= 0.6 is 27.3 Å². The minimum absolute atomic E-state index is 0.0147. The van der Waals surface area contributed by atoms with E-state index >= 15 is 0 Å². The monoisotopic (exact) mass is 366 g/mol. The number of ketones is 1. The Labute approximate surface area is 124 Å². The first-order valence-corrected chi connectivity index (χ1v) is 7.02. The number of carbonyl (C=O) groups excluding carboxylic acids is 1. The van der Waals surface area contributed by atoms with Crippen LogP contribution in [0.5, 0.6) is 0 Å². The van der Waals surface area contributed by atoms with Gasteiger partial charge in [0.2, 0.25) is 0 Å². The highest BCUT2D eigenvalue weighted by Gasteiger charge is 2.34. The third kappa shape index (κ3) is 3.46. The molecule has 0 aliphatic heterocycles. The predicted octanol–water partition coefficient (Wildman–Crippen LogP) is 5.09. The average molecular weight is 367 g/mol. The highest BCUT2D eigenvalue weighted by atomic mass is 79.9. The van der Waals surface area contributed by atoms with Gasteiger partial charge in [0, 0.05) is 16.9 Å². The normalized spacial score (nSPS) is 11.7. The Morgan fingerprint density at radius 3 is 2.45 bits per heavy atom. The minimum Gasteiger partial charge on any atom is -0.294 e. The maximum Gasteiger partial charge on any atom is 0.419 e. The van der Waals surface area contributed by atoms with Gasteiger partial charge in [-0.1, -0.05) is 0 Å². The molecule has 2 aromatic rings. The zero-order valence-electron chi connectivity index (χ0n) is 9.80. The number of benzene rings is 1. The molecule has 1 aromatic heterocycles. The fourth-order valence-corrected chi connectivity index (χ4v) is 3.10. The number of halogens is 5. The molecule has 2 rings (SSSR count). The zero-order chi connectivity index (χ0) is 14.9. The first kappa shape index (κ1) is 15.2. The van der Waals surface area contributed by atoms with Gasteiger partial charge >= 0.3 is 6.18 Å². The standard InChI is InChI=1S/C13H7BrF4OS/c14-12-4-2-8(20-12)6-11(19)7-1-3-10(15)9(5-7)13(16,17)18/h1-5H,6H2. The molecule has 0 radical (unpaired) electrons. The van der Waals surface area contributed by atoms with Crippen LogP contribution in [-0.2, 0) is 12.6 Å². The Hall–Kier alpha value is -1.21. The third-order valence-electron chi connectivity index (χ3n) is 2.56. The van der Waals surface area contributed by atoms with Crippen molar-refractivity contribution in [1.82, 2.24) is 0 Å². The largest absolute Gasteiger partial charge is 0.419 e. The second-order valence-electron chi connectivity index (χ2n) is 4.00. The second kappa shape index (κ2) is 5.65. The van der Waals surface area contributed by atoms with E-state index in [1.54, 1.807) is 12.1 Å². The number of hydrogen-bond donors (Lipinski definition) is 0. The molecule has 1 aromatic carbocycles. The molecule has 0 aliphatic rings. The molecule has 0 bridgehead atoms. The lowest BCUT2D eigenvalue weighted by molar-refractivity contribution is -0.140. The van der Waals surface area contributed by atoms with E-state index in [-0.39, 0.29) is 12.0 Å². The van der Waals surface area contributed by atoms with Crippen molar-refractivity contribution in [3.63, 3.8) is 0 Å². The highest BCUT2D eigenvalue weighted by molar-refractivity contribution is 9.11. The summed E-state index contributed by atoms with van der Waals surface area (Å²) in [4.78, 5) is 12.6. The van der Waals surface area contributed by atoms with Gasteiger partial charge in [-0.05, 0) is 46.3 Å². The van der Waals surface area contributed by atoms with Gasteiger partial charge in [0.05, 0.1) is 9.35 Å². The van der Waals surface area contributed by atoms with Crippen molar-refractivity contribution in [2.75, 3.05) is 0 Å². The molecule has 0 fully saturated rings. The summed E-state index contributed by atoms with van der Waals surface area (Å²) in [5, 5.41) is 0. The van der Waals surface area contributed by atoms with Crippen LogP contribution in [-0.4, -0.2) is 5.78 Å². The molecular formula is C13H7BrF4OS. The Bertz CT molecular complexity index is 648. The van der Waals surface area contributed by atoms with E-state index in [0.29, 0.717) is 12.1 Å². The summed E-state index contributed by atoms with van der Waals surface area (Å²) in [6.45, 7) is 0. The Morgan fingerprint density at radius 2 is 1.90 bits per heavy atom. The Balaban J connectivity index is 2.27. The van der Waals surface area contributed by atoms with Gasteiger partial charge in [0.15, 0.2) is 5.78 Å². The van der Waals surface area contributed by atoms with Crippen molar-refractivity contribution in [2.45, 2.75) is 12.6 Å². The molecule has 0 amide bonds. The smallest absolute Gasteiger partial charge is 0.294 e. The molecule has 106 valence electrons. The molecule has 0 unspecified atom stereocenters. The average Bonchev–Trinajstić information content (AvgIpc) is 2.73. The lowest BCUT2D eigenvalue weighted by Gasteiger charge is -2.09. The summed E-state index contributed by atoms with van der Waals surface area (Å²) in [6, 6.07) is 5.75. The minimum atomic E-state index is -4.81. The zero-order valence-corrected chi connectivity index (χ0v) is 12.2. The number of Topliss-reactive ketones (excluding diaryl/α,β-unsaturated/α-hetero) is 1. The molecule has 0 spiro atoms. The Kier molecular flexibility index (Phi) is 4.29. The van der Waals surface area contributed by atoms with Gasteiger partial charge in [-0.25, -0.2) is 4.39 Å². The predicted molar refractivity (Wildman–Crippen MR) is 71.5 cm³/mol. The molecular weight excluding hydrogens is 360 g/mol. The lowest BCUT2D eigenvalue weighted by atomic mass is 10.0. The van der Waals surface area contributed by atoms with Crippen molar-refractivity contribution in [3.05, 3.63) is 55.9 Å². The van der Waals surface area contributed by atoms with E-state index in [1.807, 2.05) is 0 Å². The molecule has 0 saturated heterocycles. The summed E-state index contributed by atoms with van der Waals surface area (Å²) in [5.41, 5.74) is -1.57. The molecule has 1 heterocycles. The van der Waals surface area contributed by atoms with Crippen LogP contribution in [0.4, 0.5) is 17.6 Å². The molecule has 0 saturated carbocycles. The van der Waals surface area contributed by atoms with E-state index in [2.05, 4.69) is 15.9 Å². The van der Waals surface area contributed by atoms with Gasteiger partial charge in [-0.2, -0.15) is 13.2 Å². The fraction of sp³-hybridized carbons (Fsp3) is 0.154. The summed E-state index contributed by atoms with van der Waals surface area (Å²) in [7, 11) is 0. The second-order valence-corrected chi connectivity index (χ2v) is 6.55. The summed E-state index contributed by atoms with van der Waals surface area (Å²) in [6.07, 6.45) is -4.83. The number of carbonyl (C=O) groups is 1. The van der Waals surface area contributed by atoms with E-state index in [9.17, 15) is 22.4 Å². The molecule has 0 atom stereocenters. The van der Waals surface area contributed by atoms with Gasteiger partial charge in [-0.15, -0.1) is 11.3 Å². The summed E-state index contributed by atoms with van der Waals surface area (Å²) >= 11 is 4.56. The van der Waals surface area contributed by atoms with Crippen molar-refractivity contribution in [3.8, 4) is 0 Å². The van der Waals surface area contributed by atoms with E-state index in [4.69, 9.17) is 0 Å². The van der Waals surface area contributed by atoms with Gasteiger partial charge in [-0.3, -0.25) is 4.79 Å². The molecule has 0 aliphatic carbocycles. The number of thiophene rings is 1. The number of hydrogen-bond acceptors (Lipinski definition) is 2.